The largest absolute Gasteiger partial charge is 0.394 e. The third-order valence-corrected chi connectivity index (χ3v) is 1.94. The highest BCUT2D eigenvalue weighted by molar-refractivity contribution is 5.82. The summed E-state index contributed by atoms with van der Waals surface area (Å²) in [5.41, 5.74) is 0. The van der Waals surface area contributed by atoms with Crippen LogP contribution in [0.25, 0.3) is 0 Å². The molecule has 0 atom stereocenters. The van der Waals surface area contributed by atoms with Crippen molar-refractivity contribution < 1.29 is 23.8 Å². The number of ether oxygens (including phenoxy) is 3. The van der Waals surface area contributed by atoms with Gasteiger partial charge in [-0.2, -0.15) is 0 Å². The lowest BCUT2D eigenvalue weighted by Crippen LogP contribution is -2.03. The number of esters is 2. The summed E-state index contributed by atoms with van der Waals surface area (Å²) in [6, 6.07) is 0. The zero-order chi connectivity index (χ0) is 12.9. The maximum Gasteiger partial charge on any atom is 0.310 e. The van der Waals surface area contributed by atoms with E-state index in [1.54, 1.807) is 0 Å². The third kappa shape index (κ3) is 15.1. The molecule has 0 spiro atoms. The zero-order valence-corrected chi connectivity index (χ0v) is 10.7. The zero-order valence-electron chi connectivity index (χ0n) is 10.7. The highest BCUT2D eigenvalue weighted by Gasteiger charge is 1.95. The van der Waals surface area contributed by atoms with Crippen LogP contribution in [0.15, 0.2) is 0 Å². The van der Waals surface area contributed by atoms with Crippen molar-refractivity contribution in [2.75, 3.05) is 26.4 Å². The summed E-state index contributed by atoms with van der Waals surface area (Å²) in [7, 11) is 0. The van der Waals surface area contributed by atoms with Crippen molar-refractivity contribution in [3.63, 3.8) is 0 Å². The normalized spacial score (nSPS) is 17.3. The molecule has 0 unspecified atom stereocenters. The number of hydrogen-bond acceptors (Lipinski definition) is 5. The van der Waals surface area contributed by atoms with Crippen molar-refractivity contribution >= 4 is 11.9 Å². The van der Waals surface area contributed by atoms with Gasteiger partial charge in [0, 0.05) is 40.3 Å². The van der Waals surface area contributed by atoms with Crippen molar-refractivity contribution in [2.45, 2.75) is 39.5 Å². The van der Waals surface area contributed by atoms with Crippen LogP contribution in [-0.2, 0) is 23.8 Å². The highest BCUT2D eigenvalue weighted by atomic mass is 16.6. The summed E-state index contributed by atoms with van der Waals surface area (Å²) in [4.78, 5) is 19.6. The Morgan fingerprint density at radius 1 is 0.765 bits per heavy atom. The first kappa shape index (κ1) is 16.1. The van der Waals surface area contributed by atoms with Crippen LogP contribution in [0.3, 0.4) is 0 Å². The second-order valence-corrected chi connectivity index (χ2v) is 3.72. The average Bonchev–Trinajstić information content (AvgIpc) is 2.96. The average molecular weight is 246 g/mol. The van der Waals surface area contributed by atoms with Gasteiger partial charge in [-0.3, -0.25) is 9.59 Å². The standard InChI is InChI=1S/C4H6O3.2C4H8O/c1-3(5)7-4(2)6;2*1-2-4-5-3-1/h1-2H3;2*1-4H2. The second-order valence-electron chi connectivity index (χ2n) is 3.72. The maximum absolute atomic E-state index is 9.81. The number of carbonyl (C=O) groups excluding carboxylic acids is 2. The first-order valence-corrected chi connectivity index (χ1v) is 5.97. The predicted octanol–water partition coefficient (Wildman–Crippen LogP) is 1.69. The van der Waals surface area contributed by atoms with Gasteiger partial charge in [0.25, 0.3) is 0 Å². The van der Waals surface area contributed by atoms with Gasteiger partial charge in [-0.25, -0.2) is 0 Å². The molecule has 5 nitrogen and oxygen atoms in total. The fourth-order valence-electron chi connectivity index (χ4n) is 1.22. The molecule has 100 valence electrons. The highest BCUT2D eigenvalue weighted by Crippen LogP contribution is 1.98. The Morgan fingerprint density at radius 3 is 1.12 bits per heavy atom. The van der Waals surface area contributed by atoms with E-state index in [0.29, 0.717) is 0 Å². The van der Waals surface area contributed by atoms with E-state index in [2.05, 4.69) is 4.74 Å². The molecule has 0 aromatic carbocycles. The van der Waals surface area contributed by atoms with Gasteiger partial charge >= 0.3 is 11.9 Å². The Labute approximate surface area is 102 Å². The molecule has 2 aliphatic rings. The van der Waals surface area contributed by atoms with E-state index in [0.717, 1.165) is 26.4 Å². The van der Waals surface area contributed by atoms with Gasteiger partial charge in [0.1, 0.15) is 0 Å². The SMILES string of the molecule is C1CCOC1.C1CCOC1.CC(=O)OC(C)=O. The molecule has 17 heavy (non-hydrogen) atoms. The molecule has 0 radical (unpaired) electrons. The topological polar surface area (TPSA) is 61.8 Å². The van der Waals surface area contributed by atoms with E-state index in [1.165, 1.54) is 39.5 Å². The summed E-state index contributed by atoms with van der Waals surface area (Å²) in [6.07, 6.45) is 5.11. The lowest BCUT2D eigenvalue weighted by atomic mass is 10.4. The molecule has 0 aromatic heterocycles. The van der Waals surface area contributed by atoms with Crippen LogP contribution >= 0.6 is 0 Å². The Morgan fingerprint density at radius 2 is 1.06 bits per heavy atom. The fourth-order valence-corrected chi connectivity index (χ4v) is 1.22. The quantitative estimate of drug-likeness (QED) is 0.481. The van der Waals surface area contributed by atoms with E-state index < -0.39 is 11.9 Å². The van der Waals surface area contributed by atoms with Crippen LogP contribution in [0.1, 0.15) is 39.5 Å². The van der Waals surface area contributed by atoms with Crippen LogP contribution in [0.2, 0.25) is 0 Å². The monoisotopic (exact) mass is 246 g/mol. The molecular weight excluding hydrogens is 224 g/mol. The molecule has 2 rings (SSSR count). The van der Waals surface area contributed by atoms with E-state index in [4.69, 9.17) is 9.47 Å². The van der Waals surface area contributed by atoms with Crippen LogP contribution in [-0.4, -0.2) is 38.4 Å². The van der Waals surface area contributed by atoms with Crippen molar-refractivity contribution in [2.24, 2.45) is 0 Å². The van der Waals surface area contributed by atoms with E-state index >= 15 is 0 Å². The first-order valence-electron chi connectivity index (χ1n) is 5.97. The fraction of sp³-hybridized carbons (Fsp3) is 0.833. The predicted molar refractivity (Wildman–Crippen MR) is 62.6 cm³/mol. The van der Waals surface area contributed by atoms with Crippen LogP contribution in [0.5, 0.6) is 0 Å². The minimum absolute atomic E-state index is 0.562. The van der Waals surface area contributed by atoms with Gasteiger partial charge in [0.05, 0.1) is 0 Å². The summed E-state index contributed by atoms with van der Waals surface area (Å²) >= 11 is 0. The van der Waals surface area contributed by atoms with Gasteiger partial charge in [-0.1, -0.05) is 0 Å². The molecule has 0 N–H and O–H groups in total. The molecule has 2 heterocycles. The molecule has 0 saturated carbocycles. The third-order valence-electron chi connectivity index (χ3n) is 1.94. The second kappa shape index (κ2) is 11.5. The van der Waals surface area contributed by atoms with Gasteiger partial charge in [-0.05, 0) is 25.7 Å². The van der Waals surface area contributed by atoms with Crippen LogP contribution < -0.4 is 0 Å². The van der Waals surface area contributed by atoms with Gasteiger partial charge in [0.2, 0.25) is 0 Å². The first-order chi connectivity index (χ1) is 8.13. The molecule has 0 amide bonds. The molecule has 0 aliphatic carbocycles. The summed E-state index contributed by atoms with van der Waals surface area (Å²) in [5, 5.41) is 0. The lowest BCUT2D eigenvalue weighted by Gasteiger charge is -1.87. The Bertz CT molecular complexity index is 170. The molecule has 0 bridgehead atoms. The molecular formula is C12H22O5. The van der Waals surface area contributed by atoms with Gasteiger partial charge < -0.3 is 14.2 Å². The lowest BCUT2D eigenvalue weighted by molar-refractivity contribution is -0.156. The van der Waals surface area contributed by atoms with Crippen molar-refractivity contribution in [3.8, 4) is 0 Å². The van der Waals surface area contributed by atoms with E-state index in [1.807, 2.05) is 0 Å². The smallest absolute Gasteiger partial charge is 0.310 e. The molecule has 0 aromatic rings. The van der Waals surface area contributed by atoms with E-state index in [-0.39, 0.29) is 0 Å². The minimum Gasteiger partial charge on any atom is -0.394 e. The Balaban J connectivity index is 0.000000229. The van der Waals surface area contributed by atoms with Gasteiger partial charge in [-0.15, -0.1) is 0 Å². The summed E-state index contributed by atoms with van der Waals surface area (Å²) < 4.78 is 13.9. The summed E-state index contributed by atoms with van der Waals surface area (Å²) in [6.45, 7) is 6.36. The summed E-state index contributed by atoms with van der Waals surface area (Å²) in [5.74, 6) is -1.12. The Kier molecular flexibility index (Phi) is 10.9. The molecule has 2 aliphatic heterocycles. The van der Waals surface area contributed by atoms with Gasteiger partial charge in [0.15, 0.2) is 0 Å². The van der Waals surface area contributed by atoms with Crippen molar-refractivity contribution in [1.29, 1.82) is 0 Å². The van der Waals surface area contributed by atoms with Crippen LogP contribution in [0.4, 0.5) is 0 Å². The number of rotatable bonds is 0. The number of carbonyl (C=O) groups is 2. The minimum atomic E-state index is -0.562. The van der Waals surface area contributed by atoms with Crippen molar-refractivity contribution in [1.82, 2.24) is 0 Å². The number of hydrogen-bond donors (Lipinski definition) is 0. The van der Waals surface area contributed by atoms with E-state index in [9.17, 15) is 9.59 Å². The Hall–Kier alpha value is -0.940. The maximum atomic E-state index is 9.81. The molecule has 5 heteroatoms. The van der Waals surface area contributed by atoms with Crippen molar-refractivity contribution in [3.05, 3.63) is 0 Å². The molecule has 2 fully saturated rings. The molecule has 2 saturated heterocycles. The van der Waals surface area contributed by atoms with Crippen LogP contribution in [0, 0.1) is 0 Å².